The fourth-order valence-corrected chi connectivity index (χ4v) is 2.43. The third-order valence-corrected chi connectivity index (χ3v) is 3.44. The largest absolute Gasteiger partial charge is 0.376 e. The summed E-state index contributed by atoms with van der Waals surface area (Å²) in [5, 5.41) is 3.26. The molecule has 2 saturated heterocycles. The number of hydrogen-bond donors (Lipinski definition) is 1. The molecule has 2 atom stereocenters. The standard InChI is InChI=1S/C12H22N2O2/c1-10-12(15)14(7-3-2-6-13-10)9-11-5-4-8-16-11/h10-11,13H,2-9H2,1H3. The zero-order chi connectivity index (χ0) is 11.4. The van der Waals surface area contributed by atoms with Gasteiger partial charge in [-0.3, -0.25) is 4.79 Å². The highest BCUT2D eigenvalue weighted by atomic mass is 16.5. The molecule has 2 heterocycles. The fraction of sp³-hybridized carbons (Fsp3) is 0.917. The average molecular weight is 226 g/mol. The third-order valence-electron chi connectivity index (χ3n) is 3.44. The van der Waals surface area contributed by atoms with Gasteiger partial charge in [-0.15, -0.1) is 0 Å². The molecule has 2 aliphatic heterocycles. The maximum Gasteiger partial charge on any atom is 0.239 e. The van der Waals surface area contributed by atoms with Crippen LogP contribution in [0, 0.1) is 0 Å². The normalized spacial score (nSPS) is 32.6. The van der Waals surface area contributed by atoms with Gasteiger partial charge < -0.3 is 15.0 Å². The van der Waals surface area contributed by atoms with Gasteiger partial charge in [0.25, 0.3) is 0 Å². The van der Waals surface area contributed by atoms with Gasteiger partial charge in [0.05, 0.1) is 12.1 Å². The minimum Gasteiger partial charge on any atom is -0.376 e. The van der Waals surface area contributed by atoms with E-state index in [1.807, 2.05) is 11.8 Å². The van der Waals surface area contributed by atoms with Gasteiger partial charge >= 0.3 is 0 Å². The highest BCUT2D eigenvalue weighted by Gasteiger charge is 2.26. The molecule has 0 spiro atoms. The van der Waals surface area contributed by atoms with Crippen LogP contribution in [0.15, 0.2) is 0 Å². The first-order chi connectivity index (χ1) is 7.77. The number of carbonyl (C=O) groups is 1. The maximum absolute atomic E-state index is 12.1. The van der Waals surface area contributed by atoms with E-state index in [4.69, 9.17) is 4.74 Å². The molecule has 0 aromatic carbocycles. The van der Waals surface area contributed by atoms with Gasteiger partial charge in [0.1, 0.15) is 0 Å². The first kappa shape index (κ1) is 11.9. The van der Waals surface area contributed by atoms with Crippen LogP contribution in [0.3, 0.4) is 0 Å². The van der Waals surface area contributed by atoms with E-state index in [0.29, 0.717) is 0 Å². The van der Waals surface area contributed by atoms with Crippen molar-refractivity contribution in [2.24, 2.45) is 0 Å². The highest BCUT2D eigenvalue weighted by Crippen LogP contribution is 2.15. The number of amides is 1. The van der Waals surface area contributed by atoms with E-state index in [1.165, 1.54) is 0 Å². The molecule has 2 aliphatic rings. The van der Waals surface area contributed by atoms with Crippen molar-refractivity contribution in [1.29, 1.82) is 0 Å². The molecule has 0 aromatic rings. The summed E-state index contributed by atoms with van der Waals surface area (Å²) in [5.41, 5.74) is 0. The van der Waals surface area contributed by atoms with Crippen molar-refractivity contribution in [3.05, 3.63) is 0 Å². The molecule has 4 nitrogen and oxygen atoms in total. The zero-order valence-electron chi connectivity index (χ0n) is 10.1. The zero-order valence-corrected chi connectivity index (χ0v) is 10.1. The lowest BCUT2D eigenvalue weighted by atomic mass is 10.1. The van der Waals surface area contributed by atoms with Crippen molar-refractivity contribution in [2.75, 3.05) is 26.2 Å². The number of hydrogen-bond acceptors (Lipinski definition) is 3. The van der Waals surface area contributed by atoms with Gasteiger partial charge in [0, 0.05) is 19.7 Å². The average Bonchev–Trinajstić information content (AvgIpc) is 2.77. The van der Waals surface area contributed by atoms with Gasteiger partial charge in [0.2, 0.25) is 5.91 Å². The van der Waals surface area contributed by atoms with Crippen molar-refractivity contribution in [2.45, 2.75) is 44.8 Å². The molecular weight excluding hydrogens is 204 g/mol. The van der Waals surface area contributed by atoms with E-state index < -0.39 is 0 Å². The van der Waals surface area contributed by atoms with E-state index in [0.717, 1.165) is 51.9 Å². The Labute approximate surface area is 97.3 Å². The summed E-state index contributed by atoms with van der Waals surface area (Å²) in [7, 11) is 0. The van der Waals surface area contributed by atoms with E-state index in [-0.39, 0.29) is 18.1 Å². The van der Waals surface area contributed by atoms with Crippen LogP contribution in [0.4, 0.5) is 0 Å². The van der Waals surface area contributed by atoms with Gasteiger partial charge in [-0.1, -0.05) is 0 Å². The molecule has 2 fully saturated rings. The number of ether oxygens (including phenoxy) is 1. The molecule has 4 heteroatoms. The minimum atomic E-state index is -0.0401. The number of nitrogens with one attached hydrogen (secondary N) is 1. The van der Waals surface area contributed by atoms with Crippen LogP contribution in [-0.2, 0) is 9.53 Å². The first-order valence-electron chi connectivity index (χ1n) is 6.41. The molecule has 92 valence electrons. The van der Waals surface area contributed by atoms with Crippen LogP contribution < -0.4 is 5.32 Å². The summed E-state index contributed by atoms with van der Waals surface area (Å²) in [6.07, 6.45) is 4.76. The first-order valence-corrected chi connectivity index (χ1v) is 6.41. The van der Waals surface area contributed by atoms with E-state index in [2.05, 4.69) is 5.32 Å². The van der Waals surface area contributed by atoms with Gasteiger partial charge in [0.15, 0.2) is 0 Å². The second-order valence-corrected chi connectivity index (χ2v) is 4.80. The summed E-state index contributed by atoms with van der Waals surface area (Å²) < 4.78 is 5.60. The molecule has 0 aliphatic carbocycles. The van der Waals surface area contributed by atoms with Gasteiger partial charge in [-0.05, 0) is 39.2 Å². The van der Waals surface area contributed by atoms with E-state index >= 15 is 0 Å². The lowest BCUT2D eigenvalue weighted by molar-refractivity contribution is -0.135. The SMILES string of the molecule is CC1NCCCCN(CC2CCCO2)C1=O. The molecule has 16 heavy (non-hydrogen) atoms. The van der Waals surface area contributed by atoms with Crippen molar-refractivity contribution in [1.82, 2.24) is 10.2 Å². The molecule has 0 radical (unpaired) electrons. The lowest BCUT2D eigenvalue weighted by Gasteiger charge is -2.30. The molecule has 2 rings (SSSR count). The van der Waals surface area contributed by atoms with Crippen LogP contribution in [0.5, 0.6) is 0 Å². The smallest absolute Gasteiger partial charge is 0.239 e. The Morgan fingerprint density at radius 2 is 2.31 bits per heavy atom. The second kappa shape index (κ2) is 5.64. The van der Waals surface area contributed by atoms with Crippen LogP contribution in [0.2, 0.25) is 0 Å². The Hall–Kier alpha value is -0.610. The van der Waals surface area contributed by atoms with Crippen LogP contribution >= 0.6 is 0 Å². The summed E-state index contributed by atoms with van der Waals surface area (Å²) >= 11 is 0. The molecular formula is C12H22N2O2. The Morgan fingerprint density at radius 3 is 3.06 bits per heavy atom. The molecule has 0 bridgehead atoms. The molecule has 2 unspecified atom stereocenters. The van der Waals surface area contributed by atoms with Crippen LogP contribution in [-0.4, -0.2) is 49.2 Å². The number of rotatable bonds is 2. The lowest BCUT2D eigenvalue weighted by Crippen LogP contribution is -2.49. The van der Waals surface area contributed by atoms with Crippen LogP contribution in [0.1, 0.15) is 32.6 Å². The summed E-state index contributed by atoms with van der Waals surface area (Å²) in [5.74, 6) is 0.232. The number of carbonyl (C=O) groups excluding carboxylic acids is 1. The monoisotopic (exact) mass is 226 g/mol. The highest BCUT2D eigenvalue weighted by molar-refractivity contribution is 5.81. The number of nitrogens with zero attached hydrogens (tertiary/aromatic N) is 1. The molecule has 1 amide bonds. The molecule has 0 aromatic heterocycles. The minimum absolute atomic E-state index is 0.0401. The van der Waals surface area contributed by atoms with Crippen molar-refractivity contribution >= 4 is 5.91 Å². The Balaban J connectivity index is 1.90. The Morgan fingerprint density at radius 1 is 1.44 bits per heavy atom. The Bertz CT molecular complexity index is 239. The van der Waals surface area contributed by atoms with Crippen molar-refractivity contribution < 1.29 is 9.53 Å². The van der Waals surface area contributed by atoms with Crippen molar-refractivity contribution in [3.63, 3.8) is 0 Å². The van der Waals surface area contributed by atoms with Crippen LogP contribution in [0.25, 0.3) is 0 Å². The van der Waals surface area contributed by atoms with Gasteiger partial charge in [-0.2, -0.15) is 0 Å². The third kappa shape index (κ3) is 2.95. The van der Waals surface area contributed by atoms with E-state index in [9.17, 15) is 4.79 Å². The second-order valence-electron chi connectivity index (χ2n) is 4.80. The predicted molar refractivity (Wildman–Crippen MR) is 62.3 cm³/mol. The quantitative estimate of drug-likeness (QED) is 0.756. The van der Waals surface area contributed by atoms with Crippen molar-refractivity contribution in [3.8, 4) is 0 Å². The molecule has 1 N–H and O–H groups in total. The Kier molecular flexibility index (Phi) is 4.18. The molecule has 0 saturated carbocycles. The predicted octanol–water partition coefficient (Wildman–Crippen LogP) is 0.766. The fourth-order valence-electron chi connectivity index (χ4n) is 2.43. The summed E-state index contributed by atoms with van der Waals surface area (Å²) in [6.45, 7) is 5.45. The summed E-state index contributed by atoms with van der Waals surface area (Å²) in [6, 6.07) is -0.0401. The maximum atomic E-state index is 12.1. The van der Waals surface area contributed by atoms with Gasteiger partial charge in [-0.25, -0.2) is 0 Å². The topological polar surface area (TPSA) is 41.6 Å². The summed E-state index contributed by atoms with van der Waals surface area (Å²) in [4.78, 5) is 14.1. The van der Waals surface area contributed by atoms with E-state index in [1.54, 1.807) is 0 Å².